The number of hydrogen-bond donors (Lipinski definition) is 4. The second-order valence-electron chi connectivity index (χ2n) is 7.83. The van der Waals surface area contributed by atoms with Crippen LogP contribution in [0.3, 0.4) is 0 Å². The summed E-state index contributed by atoms with van der Waals surface area (Å²) in [6.07, 6.45) is 0. The zero-order valence-corrected chi connectivity index (χ0v) is 21.1. The van der Waals surface area contributed by atoms with E-state index in [0.29, 0.717) is 23.4 Å². The van der Waals surface area contributed by atoms with Gasteiger partial charge in [0.1, 0.15) is 16.3 Å². The van der Waals surface area contributed by atoms with Crippen molar-refractivity contribution in [3.05, 3.63) is 64.1 Å². The van der Waals surface area contributed by atoms with Gasteiger partial charge in [-0.1, -0.05) is 23.2 Å². The molecule has 0 fully saturated rings. The predicted octanol–water partition coefficient (Wildman–Crippen LogP) is 4.45. The number of aromatic hydroxyl groups is 2. The van der Waals surface area contributed by atoms with Gasteiger partial charge in [0.15, 0.2) is 11.4 Å². The molecular formula is C22H20N4O9S2. The molecule has 13 nitrogen and oxygen atoms in total. The molecule has 0 atom stereocenters. The molecule has 1 aromatic heterocycles. The van der Waals surface area contributed by atoms with Crippen LogP contribution in [0.15, 0.2) is 67.3 Å². The first-order valence-electron chi connectivity index (χ1n) is 10.4. The van der Waals surface area contributed by atoms with Gasteiger partial charge in [-0.15, -0.1) is 14.6 Å². The number of fused-ring (bicyclic) bond motifs is 1. The Balaban J connectivity index is 1.94. The summed E-state index contributed by atoms with van der Waals surface area (Å²) < 4.78 is 40.4. The minimum atomic E-state index is -4.71. The van der Waals surface area contributed by atoms with Gasteiger partial charge in [-0.3, -0.25) is 14.0 Å². The number of phenols is 2. The zero-order chi connectivity index (χ0) is 27.1. The van der Waals surface area contributed by atoms with Crippen LogP contribution in [-0.2, 0) is 26.5 Å². The molecule has 0 amide bonds. The van der Waals surface area contributed by atoms with Crippen LogP contribution in [0.5, 0.6) is 11.5 Å². The summed E-state index contributed by atoms with van der Waals surface area (Å²) in [4.78, 5) is 12.5. The number of para-hydroxylation sites is 1. The van der Waals surface area contributed by atoms with Crippen LogP contribution in [-0.4, -0.2) is 37.8 Å². The summed E-state index contributed by atoms with van der Waals surface area (Å²) in [7, 11) is -3.04. The highest BCUT2D eigenvalue weighted by molar-refractivity contribution is 7.94. The minimum Gasteiger partial charge on any atom is -0.507 e. The fraction of sp³-hybridized carbons (Fsp3) is 0.136. The van der Waals surface area contributed by atoms with Gasteiger partial charge in [0.2, 0.25) is 0 Å². The number of aromatic nitrogens is 2. The average Bonchev–Trinajstić information content (AvgIpc) is 3.06. The number of nitrogens with zero attached hydrogens (tertiary/aromatic N) is 4. The molecule has 0 saturated heterocycles. The predicted molar refractivity (Wildman–Crippen MR) is 132 cm³/mol. The van der Waals surface area contributed by atoms with E-state index in [1.165, 1.54) is 17.7 Å². The van der Waals surface area contributed by atoms with Crippen LogP contribution < -0.4 is 5.56 Å². The van der Waals surface area contributed by atoms with Gasteiger partial charge >= 0.3 is 0 Å². The molecule has 15 heteroatoms. The maximum atomic E-state index is 13.1. The molecule has 0 saturated carbocycles. The molecular weight excluding hydrogens is 528 g/mol. The van der Waals surface area contributed by atoms with Gasteiger partial charge in [-0.2, -0.15) is 8.42 Å². The maximum Gasteiger partial charge on any atom is 0.299 e. The van der Waals surface area contributed by atoms with Crippen molar-refractivity contribution in [3.8, 4) is 17.2 Å². The first kappa shape index (κ1) is 26.3. The second kappa shape index (κ2) is 9.97. The van der Waals surface area contributed by atoms with Gasteiger partial charge in [0.25, 0.3) is 15.7 Å². The quantitative estimate of drug-likeness (QED) is 0.0845. The third-order valence-corrected chi connectivity index (χ3v) is 7.32. The largest absolute Gasteiger partial charge is 0.507 e. The summed E-state index contributed by atoms with van der Waals surface area (Å²) in [6, 6.07) is 11.1. The molecule has 0 unspecified atom stereocenters. The Kier molecular flexibility index (Phi) is 7.09. The lowest BCUT2D eigenvalue weighted by atomic mass is 10.0. The molecule has 0 bridgehead atoms. The van der Waals surface area contributed by atoms with E-state index in [1.54, 1.807) is 49.0 Å². The Hall–Kier alpha value is -3.73. The maximum absolute atomic E-state index is 13.1. The molecule has 0 aliphatic rings. The molecule has 0 spiro atoms. The first-order valence-corrected chi connectivity index (χ1v) is 12.6. The van der Waals surface area contributed by atoms with E-state index in [4.69, 9.17) is 5.26 Å². The lowest BCUT2D eigenvalue weighted by molar-refractivity contribution is -0.432. The van der Waals surface area contributed by atoms with Crippen molar-refractivity contribution < 1.29 is 37.8 Å². The molecule has 37 heavy (non-hydrogen) atoms. The summed E-state index contributed by atoms with van der Waals surface area (Å²) in [5.74, 6) is -1.26. The lowest BCUT2D eigenvalue weighted by Gasteiger charge is -2.13. The van der Waals surface area contributed by atoms with Crippen LogP contribution in [0.2, 0.25) is 0 Å². The molecule has 4 N–H and O–H groups in total. The van der Waals surface area contributed by atoms with Crippen LogP contribution >= 0.6 is 12.0 Å². The van der Waals surface area contributed by atoms with Gasteiger partial charge in [-0.05, 0) is 43.5 Å². The Morgan fingerprint density at radius 3 is 2.27 bits per heavy atom. The van der Waals surface area contributed by atoms with Crippen molar-refractivity contribution in [2.45, 2.75) is 23.6 Å². The summed E-state index contributed by atoms with van der Waals surface area (Å²) in [6.45, 7) is 2.89. The van der Waals surface area contributed by atoms with Gasteiger partial charge in [0.05, 0.1) is 33.7 Å². The topological polar surface area (TPSA) is 185 Å². The highest BCUT2D eigenvalue weighted by Gasteiger charge is 2.24. The van der Waals surface area contributed by atoms with Crippen LogP contribution in [0.1, 0.15) is 11.3 Å². The van der Waals surface area contributed by atoms with E-state index in [2.05, 4.69) is 19.6 Å². The molecule has 0 radical (unpaired) electrons. The van der Waals surface area contributed by atoms with Crippen LogP contribution in [0, 0.1) is 13.8 Å². The summed E-state index contributed by atoms with van der Waals surface area (Å²) >= 11 is 0.380. The van der Waals surface area contributed by atoms with Gasteiger partial charge in [-0.25, -0.2) is 9.94 Å². The van der Waals surface area contributed by atoms with E-state index in [-0.39, 0.29) is 32.6 Å². The third kappa shape index (κ3) is 4.71. The molecule has 4 aromatic rings. The fourth-order valence-corrected chi connectivity index (χ4v) is 5.07. The van der Waals surface area contributed by atoms with Gasteiger partial charge < -0.3 is 10.2 Å². The van der Waals surface area contributed by atoms with Crippen molar-refractivity contribution in [2.24, 2.45) is 17.3 Å². The van der Waals surface area contributed by atoms with E-state index in [1.807, 2.05) is 0 Å². The molecule has 0 aliphatic heterocycles. The molecule has 0 aliphatic carbocycles. The SMILES string of the molecule is Cc1c(S(=O)(=O)O)cc2cc(SOOO)c(N=Nc3c(C)n(C)n(-c4ccccc4)c3=O)c(O)c2c1O. The molecule has 194 valence electrons. The van der Waals surface area contributed by atoms with E-state index < -0.39 is 32.1 Å². The van der Waals surface area contributed by atoms with Crippen molar-refractivity contribution in [3.63, 3.8) is 0 Å². The monoisotopic (exact) mass is 548 g/mol. The number of hydrogen-bond acceptors (Lipinski definition) is 11. The summed E-state index contributed by atoms with van der Waals surface area (Å²) in [5, 5.41) is 41.7. The molecule has 4 rings (SSSR count). The third-order valence-electron chi connectivity index (χ3n) is 5.72. The number of benzene rings is 3. The zero-order valence-electron chi connectivity index (χ0n) is 19.5. The molecule has 1 heterocycles. The minimum absolute atomic E-state index is 0.0152. The highest BCUT2D eigenvalue weighted by atomic mass is 32.2. The second-order valence-corrected chi connectivity index (χ2v) is 9.96. The summed E-state index contributed by atoms with van der Waals surface area (Å²) in [5.41, 5.74) is 0.0245. The normalized spacial score (nSPS) is 12.1. The Morgan fingerprint density at radius 1 is 1.00 bits per heavy atom. The Labute approximate surface area is 213 Å². The lowest BCUT2D eigenvalue weighted by Crippen LogP contribution is -2.19. The van der Waals surface area contributed by atoms with E-state index >= 15 is 0 Å². The average molecular weight is 549 g/mol. The number of azo groups is 1. The highest BCUT2D eigenvalue weighted by Crippen LogP contribution is 2.48. The van der Waals surface area contributed by atoms with E-state index in [9.17, 15) is 28.0 Å². The van der Waals surface area contributed by atoms with Crippen molar-refractivity contribution in [1.29, 1.82) is 0 Å². The van der Waals surface area contributed by atoms with E-state index in [0.717, 1.165) is 6.07 Å². The standard InChI is InChI=1S/C22H20N4O9S2/c1-11-16(37(31,32)33)10-13-9-15(36-35-34-30)19(21(28)17(13)20(11)27)24-23-18-12(2)25(3)26(22(18)29)14-7-5-4-6-8-14/h4-10,27-28,30H,1-3H3,(H,31,32,33). The van der Waals surface area contributed by atoms with Crippen molar-refractivity contribution in [2.75, 3.05) is 0 Å². The first-order chi connectivity index (χ1) is 17.5. The Bertz CT molecular complexity index is 1710. The van der Waals surface area contributed by atoms with Crippen molar-refractivity contribution >= 4 is 44.3 Å². The Morgan fingerprint density at radius 2 is 1.65 bits per heavy atom. The fourth-order valence-electron chi connectivity index (χ4n) is 3.82. The smallest absolute Gasteiger partial charge is 0.299 e. The van der Waals surface area contributed by atoms with Crippen molar-refractivity contribution in [1.82, 2.24) is 9.36 Å². The van der Waals surface area contributed by atoms with Crippen LogP contribution in [0.4, 0.5) is 11.4 Å². The van der Waals surface area contributed by atoms with Crippen LogP contribution in [0.25, 0.3) is 16.5 Å². The van der Waals surface area contributed by atoms with Gasteiger partial charge in [0, 0.05) is 12.6 Å². The molecule has 3 aromatic carbocycles. The number of rotatable bonds is 7. The number of phenolic OH excluding ortho intramolecular Hbond substituents is 2.